The van der Waals surface area contributed by atoms with Crippen LogP contribution >= 0.6 is 0 Å². The molecule has 0 saturated heterocycles. The summed E-state index contributed by atoms with van der Waals surface area (Å²) in [6.07, 6.45) is 0. The minimum atomic E-state index is -1.58. The van der Waals surface area contributed by atoms with E-state index in [2.05, 4.69) is 56.3 Å². The maximum atomic E-state index is 9.91. The van der Waals surface area contributed by atoms with Crippen molar-refractivity contribution in [2.75, 3.05) is 0 Å². The molecule has 0 bridgehead atoms. The van der Waals surface area contributed by atoms with E-state index < -0.39 is 7.12 Å². The summed E-state index contributed by atoms with van der Waals surface area (Å²) >= 11 is 0. The van der Waals surface area contributed by atoms with Gasteiger partial charge in [-0.2, -0.15) is 0 Å². The second kappa shape index (κ2) is 5.47. The van der Waals surface area contributed by atoms with Gasteiger partial charge in [0.05, 0.1) is 0 Å². The normalized spacial score (nSPS) is 14.7. The predicted molar refractivity (Wildman–Crippen MR) is 127 cm³/mol. The molecule has 7 rings (SSSR count). The van der Waals surface area contributed by atoms with Crippen molar-refractivity contribution in [3.05, 3.63) is 77.9 Å². The van der Waals surface area contributed by atoms with Gasteiger partial charge in [0, 0.05) is 21.7 Å². The van der Waals surface area contributed by atoms with Gasteiger partial charge in [0.1, 0.15) is 11.2 Å². The van der Waals surface area contributed by atoms with E-state index in [4.69, 9.17) is 4.42 Å². The van der Waals surface area contributed by atoms with Gasteiger partial charge in [0.2, 0.25) is 0 Å². The van der Waals surface area contributed by atoms with Gasteiger partial charge in [-0.3, -0.25) is 0 Å². The number of furan rings is 1. The van der Waals surface area contributed by atoms with E-state index in [0.717, 1.165) is 32.5 Å². The van der Waals surface area contributed by atoms with E-state index in [1.165, 1.54) is 27.6 Å². The van der Waals surface area contributed by atoms with Crippen LogP contribution in [0.25, 0.3) is 54.6 Å². The smallest absolute Gasteiger partial charge is 0.456 e. The van der Waals surface area contributed by atoms with Crippen molar-refractivity contribution in [2.45, 2.75) is 19.3 Å². The average molecular weight is 402 g/mol. The van der Waals surface area contributed by atoms with Gasteiger partial charge in [-0.05, 0) is 62.0 Å². The maximum Gasteiger partial charge on any atom is 0.492 e. The summed E-state index contributed by atoms with van der Waals surface area (Å²) in [6.45, 7) is 4.60. The number of hydrogen-bond acceptors (Lipinski definition) is 3. The Labute approximate surface area is 179 Å². The van der Waals surface area contributed by atoms with Crippen LogP contribution in [0.4, 0.5) is 0 Å². The quantitative estimate of drug-likeness (QED) is 0.289. The molecule has 6 aromatic rings. The number of benzene rings is 5. The minimum absolute atomic E-state index is 0.0638. The zero-order valence-corrected chi connectivity index (χ0v) is 17.2. The predicted octanol–water partition coefficient (Wildman–Crippen LogP) is 5.32. The fourth-order valence-electron chi connectivity index (χ4n) is 5.79. The third-order valence-corrected chi connectivity index (χ3v) is 7.26. The van der Waals surface area contributed by atoms with Gasteiger partial charge in [-0.15, -0.1) is 0 Å². The second-order valence-electron chi connectivity index (χ2n) is 9.17. The van der Waals surface area contributed by atoms with Crippen LogP contribution in [0, 0.1) is 0 Å². The number of hydrogen-bond donors (Lipinski definition) is 2. The highest BCUT2D eigenvalue weighted by Crippen LogP contribution is 2.52. The van der Waals surface area contributed by atoms with E-state index in [1.54, 1.807) is 6.07 Å². The van der Waals surface area contributed by atoms with Gasteiger partial charge in [0.25, 0.3) is 0 Å². The van der Waals surface area contributed by atoms with Crippen LogP contribution in [-0.4, -0.2) is 17.2 Å². The average Bonchev–Trinajstić information content (AvgIpc) is 3.26. The van der Waals surface area contributed by atoms with E-state index in [0.29, 0.717) is 11.0 Å². The van der Waals surface area contributed by atoms with Crippen molar-refractivity contribution in [3.8, 4) is 11.1 Å². The molecule has 0 amide bonds. The molecule has 3 nitrogen and oxygen atoms in total. The Hall–Kier alpha value is -3.34. The van der Waals surface area contributed by atoms with Crippen molar-refractivity contribution < 1.29 is 14.5 Å². The molecule has 1 aliphatic carbocycles. The van der Waals surface area contributed by atoms with Crippen molar-refractivity contribution in [2.24, 2.45) is 0 Å². The molecular formula is C27H19BO3. The molecular weight excluding hydrogens is 383 g/mol. The first-order chi connectivity index (χ1) is 15.0. The third kappa shape index (κ3) is 1.97. The van der Waals surface area contributed by atoms with Gasteiger partial charge in [-0.25, -0.2) is 0 Å². The number of fused-ring (bicyclic) bond motifs is 6. The van der Waals surface area contributed by atoms with Crippen LogP contribution in [0.1, 0.15) is 25.0 Å². The Morgan fingerprint density at radius 3 is 2.32 bits per heavy atom. The molecule has 0 radical (unpaired) electrons. The molecule has 0 fully saturated rings. The van der Waals surface area contributed by atoms with E-state index in [-0.39, 0.29) is 5.41 Å². The monoisotopic (exact) mass is 402 g/mol. The molecule has 0 aliphatic heterocycles. The van der Waals surface area contributed by atoms with Crippen LogP contribution in [0.3, 0.4) is 0 Å². The Bertz CT molecular complexity index is 1690. The lowest BCUT2D eigenvalue weighted by atomic mass is 9.77. The summed E-state index contributed by atoms with van der Waals surface area (Å²) in [5.41, 5.74) is 6.94. The molecule has 0 atom stereocenters. The highest BCUT2D eigenvalue weighted by molar-refractivity contribution is 6.62. The lowest BCUT2D eigenvalue weighted by Crippen LogP contribution is -2.30. The summed E-state index contributed by atoms with van der Waals surface area (Å²) < 4.78 is 6.16. The first kappa shape index (κ1) is 17.4. The van der Waals surface area contributed by atoms with Crippen LogP contribution in [-0.2, 0) is 5.41 Å². The Morgan fingerprint density at radius 2 is 1.48 bits per heavy atom. The van der Waals surface area contributed by atoms with Gasteiger partial charge in [0.15, 0.2) is 0 Å². The highest BCUT2D eigenvalue weighted by atomic mass is 16.4. The summed E-state index contributed by atoms with van der Waals surface area (Å²) in [5, 5.41) is 26.4. The summed E-state index contributed by atoms with van der Waals surface area (Å²) in [6, 6.07) is 23.2. The van der Waals surface area contributed by atoms with Crippen LogP contribution in [0.5, 0.6) is 0 Å². The molecule has 148 valence electrons. The molecule has 0 saturated carbocycles. The topological polar surface area (TPSA) is 53.6 Å². The standard InChI is InChI=1S/C27H19BO3/c1-27(2)20-8-4-3-6-14(20)19-12-17-16-10-11-22(28(29)30)26-25(16)24-15(18(17)13-21(19)27)7-5-9-23(24)31-26/h3-13,29-30H,1-2H3. The first-order valence-electron chi connectivity index (χ1n) is 10.6. The second-order valence-corrected chi connectivity index (χ2v) is 9.17. The zero-order valence-electron chi connectivity index (χ0n) is 17.2. The van der Waals surface area contributed by atoms with Crippen molar-refractivity contribution in [1.29, 1.82) is 0 Å². The largest absolute Gasteiger partial charge is 0.492 e. The first-order valence-corrected chi connectivity index (χ1v) is 10.6. The van der Waals surface area contributed by atoms with E-state index in [1.807, 2.05) is 18.2 Å². The van der Waals surface area contributed by atoms with Gasteiger partial charge >= 0.3 is 7.12 Å². The molecule has 1 aliphatic rings. The van der Waals surface area contributed by atoms with E-state index in [9.17, 15) is 10.0 Å². The molecule has 4 heteroatoms. The SMILES string of the molecule is CC1(C)c2ccccc2-c2cc3c(cc21)c1cccc2oc4c(B(O)O)ccc3c4c21. The zero-order chi connectivity index (χ0) is 21.1. The molecule has 0 unspecified atom stereocenters. The molecule has 5 aromatic carbocycles. The van der Waals surface area contributed by atoms with Crippen molar-refractivity contribution in [1.82, 2.24) is 0 Å². The molecule has 1 aromatic heterocycles. The Balaban J connectivity index is 1.74. The highest BCUT2D eigenvalue weighted by Gasteiger charge is 2.36. The van der Waals surface area contributed by atoms with E-state index >= 15 is 0 Å². The third-order valence-electron chi connectivity index (χ3n) is 7.26. The molecule has 0 spiro atoms. The summed E-state index contributed by atoms with van der Waals surface area (Å²) in [4.78, 5) is 0. The fourth-order valence-corrected chi connectivity index (χ4v) is 5.79. The Morgan fingerprint density at radius 1 is 0.710 bits per heavy atom. The molecule has 2 N–H and O–H groups in total. The molecule has 31 heavy (non-hydrogen) atoms. The van der Waals surface area contributed by atoms with Crippen LogP contribution in [0.15, 0.2) is 71.1 Å². The Kier molecular flexibility index (Phi) is 3.06. The van der Waals surface area contributed by atoms with Crippen LogP contribution < -0.4 is 5.46 Å². The lowest BCUT2D eigenvalue weighted by molar-refractivity contribution is 0.425. The van der Waals surface area contributed by atoms with Gasteiger partial charge in [-0.1, -0.05) is 62.4 Å². The maximum absolute atomic E-state index is 9.91. The minimum Gasteiger partial charge on any atom is -0.456 e. The van der Waals surface area contributed by atoms with Crippen LogP contribution in [0.2, 0.25) is 0 Å². The van der Waals surface area contributed by atoms with Gasteiger partial charge < -0.3 is 14.5 Å². The fraction of sp³-hybridized carbons (Fsp3) is 0.111. The molecule has 1 heterocycles. The summed E-state index contributed by atoms with van der Waals surface area (Å²) in [5.74, 6) is 0. The number of rotatable bonds is 1. The lowest BCUT2D eigenvalue weighted by Gasteiger charge is -2.22. The van der Waals surface area contributed by atoms with Crippen molar-refractivity contribution >= 4 is 56.1 Å². The summed E-state index contributed by atoms with van der Waals surface area (Å²) in [7, 11) is -1.58. The van der Waals surface area contributed by atoms with Crippen molar-refractivity contribution in [3.63, 3.8) is 0 Å².